The third-order valence-corrected chi connectivity index (χ3v) is 4.85. The van der Waals surface area contributed by atoms with E-state index in [0.717, 1.165) is 23.8 Å². The molecule has 0 radical (unpaired) electrons. The summed E-state index contributed by atoms with van der Waals surface area (Å²) in [6.45, 7) is 10.3. The summed E-state index contributed by atoms with van der Waals surface area (Å²) in [5, 5.41) is 18.2. The highest BCUT2D eigenvalue weighted by molar-refractivity contribution is 14.0. The lowest BCUT2D eigenvalue weighted by Crippen LogP contribution is -2.39. The van der Waals surface area contributed by atoms with Gasteiger partial charge in [0.25, 0.3) is 0 Å². The molecule has 8 heteroatoms. The van der Waals surface area contributed by atoms with E-state index in [9.17, 15) is 5.11 Å². The maximum atomic E-state index is 10.4. The summed E-state index contributed by atoms with van der Waals surface area (Å²) in [5.74, 6) is 1.12. The highest BCUT2D eigenvalue weighted by Crippen LogP contribution is 2.19. The Morgan fingerprint density at radius 2 is 1.94 bits per heavy atom. The zero-order chi connectivity index (χ0) is 22.1. The minimum atomic E-state index is -0.664. The zero-order valence-electron chi connectivity index (χ0n) is 19.6. The van der Waals surface area contributed by atoms with Crippen molar-refractivity contribution in [3.63, 3.8) is 0 Å². The Balaban J connectivity index is 0.00000480. The number of nitrogens with zero attached hydrogens (tertiary/aromatic N) is 4. The second-order valence-corrected chi connectivity index (χ2v) is 7.96. The average molecular weight is 543 g/mol. The maximum Gasteiger partial charge on any atom is 0.194 e. The van der Waals surface area contributed by atoms with Crippen molar-refractivity contribution in [3.05, 3.63) is 53.3 Å². The van der Waals surface area contributed by atoms with Crippen LogP contribution in [-0.4, -0.2) is 58.6 Å². The van der Waals surface area contributed by atoms with Crippen LogP contribution < -0.4 is 5.32 Å². The van der Waals surface area contributed by atoms with Crippen LogP contribution in [0.15, 0.2) is 41.5 Å². The highest BCUT2D eigenvalue weighted by Gasteiger charge is 2.16. The second-order valence-electron chi connectivity index (χ2n) is 7.96. The minimum Gasteiger partial charge on any atom is -0.389 e. The Labute approximate surface area is 203 Å². The molecular weight excluding hydrogens is 505 g/mol. The van der Waals surface area contributed by atoms with E-state index >= 15 is 0 Å². The number of benzene rings is 1. The first kappa shape index (κ1) is 27.4. The molecule has 0 saturated heterocycles. The molecule has 0 aliphatic rings. The van der Waals surface area contributed by atoms with Crippen LogP contribution in [-0.2, 0) is 18.3 Å². The van der Waals surface area contributed by atoms with Crippen molar-refractivity contribution < 1.29 is 9.84 Å². The standard InChI is InChI=1S/C23H37N5O2.HI/c1-7-24-23(27(5)14-20-15-28(6)26-22(20)17(2)3)25-13-21(29)16-30-18(4)19-11-9-8-10-12-19;/h8-12,15,17-18,21,29H,7,13-14,16H2,1-6H3,(H,24,25);1H. The average Bonchev–Trinajstić information content (AvgIpc) is 3.10. The first-order chi connectivity index (χ1) is 14.3. The van der Waals surface area contributed by atoms with Gasteiger partial charge in [-0.3, -0.25) is 9.67 Å². The minimum absolute atomic E-state index is 0. The number of aromatic nitrogens is 2. The molecule has 1 aromatic heterocycles. The van der Waals surface area contributed by atoms with E-state index in [4.69, 9.17) is 4.74 Å². The molecule has 1 aromatic carbocycles. The van der Waals surface area contributed by atoms with Gasteiger partial charge in [0.1, 0.15) is 0 Å². The summed E-state index contributed by atoms with van der Waals surface area (Å²) in [4.78, 5) is 6.68. The van der Waals surface area contributed by atoms with E-state index in [2.05, 4.69) is 40.4 Å². The predicted octanol–water partition coefficient (Wildman–Crippen LogP) is 3.70. The van der Waals surface area contributed by atoms with Crippen molar-refractivity contribution in [2.24, 2.45) is 12.0 Å². The molecule has 2 aromatic rings. The normalized spacial score (nSPS) is 13.6. The lowest BCUT2D eigenvalue weighted by Gasteiger charge is -2.23. The van der Waals surface area contributed by atoms with Crippen molar-refractivity contribution in [2.75, 3.05) is 26.7 Å². The highest BCUT2D eigenvalue weighted by atomic mass is 127. The third-order valence-electron chi connectivity index (χ3n) is 4.85. The molecule has 2 rings (SSSR count). The molecular formula is C23H38IN5O2. The van der Waals surface area contributed by atoms with Gasteiger partial charge in [-0.1, -0.05) is 44.2 Å². The van der Waals surface area contributed by atoms with E-state index < -0.39 is 6.10 Å². The van der Waals surface area contributed by atoms with Crippen LogP contribution in [0.5, 0.6) is 0 Å². The number of aliphatic imine (C=N–C) groups is 1. The van der Waals surface area contributed by atoms with Crippen molar-refractivity contribution in [2.45, 2.75) is 52.4 Å². The van der Waals surface area contributed by atoms with Crippen LogP contribution in [0.3, 0.4) is 0 Å². The second kappa shape index (κ2) is 13.7. The van der Waals surface area contributed by atoms with E-state index in [-0.39, 0.29) is 43.2 Å². The SMILES string of the molecule is CCNC(=NCC(O)COC(C)c1ccccc1)N(C)Cc1cn(C)nc1C(C)C.I. The van der Waals surface area contributed by atoms with Gasteiger partial charge in [-0.25, -0.2) is 0 Å². The lowest BCUT2D eigenvalue weighted by molar-refractivity contribution is 0.00106. The summed E-state index contributed by atoms with van der Waals surface area (Å²) in [6, 6.07) is 10.0. The Bertz CT molecular complexity index is 795. The summed E-state index contributed by atoms with van der Waals surface area (Å²) >= 11 is 0. The van der Waals surface area contributed by atoms with Gasteiger partial charge in [-0.05, 0) is 25.3 Å². The topological polar surface area (TPSA) is 74.9 Å². The van der Waals surface area contributed by atoms with Gasteiger partial charge in [0.05, 0.1) is 31.1 Å². The van der Waals surface area contributed by atoms with Crippen LogP contribution in [0.25, 0.3) is 0 Å². The Kier molecular flexibility index (Phi) is 12.1. The number of hydrogen-bond acceptors (Lipinski definition) is 4. The number of hydrogen-bond donors (Lipinski definition) is 2. The summed E-state index contributed by atoms with van der Waals surface area (Å²) in [7, 11) is 3.94. The van der Waals surface area contributed by atoms with Gasteiger partial charge in [0, 0.05) is 38.9 Å². The summed E-state index contributed by atoms with van der Waals surface area (Å²) < 4.78 is 7.68. The molecule has 31 heavy (non-hydrogen) atoms. The van der Waals surface area contributed by atoms with E-state index in [0.29, 0.717) is 12.5 Å². The van der Waals surface area contributed by atoms with Gasteiger partial charge < -0.3 is 20.1 Å². The Morgan fingerprint density at radius 1 is 1.26 bits per heavy atom. The predicted molar refractivity (Wildman–Crippen MR) is 137 cm³/mol. The monoisotopic (exact) mass is 543 g/mol. The molecule has 2 N–H and O–H groups in total. The fourth-order valence-electron chi connectivity index (χ4n) is 3.28. The lowest BCUT2D eigenvalue weighted by atomic mass is 10.1. The molecule has 0 saturated carbocycles. The summed E-state index contributed by atoms with van der Waals surface area (Å²) in [6.07, 6.45) is 1.33. The van der Waals surface area contributed by atoms with E-state index in [1.807, 2.05) is 63.0 Å². The molecule has 2 atom stereocenters. The zero-order valence-corrected chi connectivity index (χ0v) is 21.9. The Hall–Kier alpha value is -1.65. The van der Waals surface area contributed by atoms with Crippen molar-refractivity contribution >= 4 is 29.9 Å². The number of aliphatic hydroxyl groups excluding tert-OH is 1. The van der Waals surface area contributed by atoms with Crippen LogP contribution in [0.2, 0.25) is 0 Å². The molecule has 0 amide bonds. The molecule has 0 aliphatic heterocycles. The largest absolute Gasteiger partial charge is 0.389 e. The molecule has 0 bridgehead atoms. The molecule has 174 valence electrons. The Morgan fingerprint density at radius 3 is 2.55 bits per heavy atom. The van der Waals surface area contributed by atoms with Gasteiger partial charge in [0.15, 0.2) is 5.96 Å². The van der Waals surface area contributed by atoms with Crippen molar-refractivity contribution in [3.8, 4) is 0 Å². The molecule has 0 aliphatic carbocycles. The fourth-order valence-corrected chi connectivity index (χ4v) is 3.28. The van der Waals surface area contributed by atoms with Crippen molar-refractivity contribution in [1.29, 1.82) is 0 Å². The number of rotatable bonds is 10. The number of guanidine groups is 1. The fraction of sp³-hybridized carbons (Fsp3) is 0.565. The van der Waals surface area contributed by atoms with Crippen LogP contribution in [0.1, 0.15) is 56.5 Å². The first-order valence-electron chi connectivity index (χ1n) is 10.7. The van der Waals surface area contributed by atoms with E-state index in [1.165, 1.54) is 5.56 Å². The number of aryl methyl sites for hydroxylation is 1. The van der Waals surface area contributed by atoms with Gasteiger partial charge >= 0.3 is 0 Å². The van der Waals surface area contributed by atoms with Crippen molar-refractivity contribution in [1.82, 2.24) is 20.0 Å². The van der Waals surface area contributed by atoms with Gasteiger partial charge in [0.2, 0.25) is 0 Å². The number of aliphatic hydroxyl groups is 1. The van der Waals surface area contributed by atoms with Gasteiger partial charge in [-0.15, -0.1) is 24.0 Å². The molecule has 1 heterocycles. The first-order valence-corrected chi connectivity index (χ1v) is 10.7. The quantitative estimate of drug-likeness (QED) is 0.272. The molecule has 0 fully saturated rings. The van der Waals surface area contributed by atoms with Crippen LogP contribution >= 0.6 is 24.0 Å². The number of halogens is 1. The third kappa shape index (κ3) is 8.78. The molecule has 7 nitrogen and oxygen atoms in total. The van der Waals surface area contributed by atoms with Crippen LogP contribution in [0, 0.1) is 0 Å². The van der Waals surface area contributed by atoms with Crippen LogP contribution in [0.4, 0.5) is 0 Å². The summed E-state index contributed by atoms with van der Waals surface area (Å²) in [5.41, 5.74) is 3.38. The van der Waals surface area contributed by atoms with E-state index in [1.54, 1.807) is 0 Å². The van der Waals surface area contributed by atoms with Gasteiger partial charge in [-0.2, -0.15) is 5.10 Å². The molecule has 2 unspecified atom stereocenters. The smallest absolute Gasteiger partial charge is 0.194 e. The maximum absolute atomic E-state index is 10.4. The number of ether oxygens (including phenoxy) is 1. The molecule has 0 spiro atoms. The number of nitrogens with one attached hydrogen (secondary N) is 1.